The average molecular weight is 256 g/mol. The lowest BCUT2D eigenvalue weighted by Crippen LogP contribution is -1.98. The monoisotopic (exact) mass is 256 g/mol. The summed E-state index contributed by atoms with van der Waals surface area (Å²) in [6, 6.07) is 3.69. The number of aryl methyl sites for hydroxylation is 1. The second-order valence-electron chi connectivity index (χ2n) is 4.37. The van der Waals surface area contributed by atoms with E-state index in [1.165, 1.54) is 0 Å². The van der Waals surface area contributed by atoms with Gasteiger partial charge in [-0.3, -0.25) is 9.48 Å². The molecule has 2 aromatic heterocycles. The molecule has 0 saturated heterocycles. The summed E-state index contributed by atoms with van der Waals surface area (Å²) < 4.78 is 6.90. The molecule has 0 saturated carbocycles. The molecule has 2 rings (SSSR count). The minimum atomic E-state index is -0.0437. The van der Waals surface area contributed by atoms with Crippen LogP contribution in [0.2, 0.25) is 0 Å². The quantitative estimate of drug-likeness (QED) is 0.479. The summed E-state index contributed by atoms with van der Waals surface area (Å²) in [6.45, 7) is 3.79. The number of carbonyl (C=O) groups is 1. The van der Waals surface area contributed by atoms with Crippen molar-refractivity contribution in [2.45, 2.75) is 13.8 Å². The van der Waals surface area contributed by atoms with Crippen molar-refractivity contribution in [1.29, 1.82) is 0 Å². The van der Waals surface area contributed by atoms with Gasteiger partial charge in [0.15, 0.2) is 5.78 Å². The van der Waals surface area contributed by atoms with Crippen LogP contribution in [0.25, 0.3) is 6.08 Å². The Morgan fingerprint density at radius 1 is 1.42 bits per heavy atom. The molecule has 2 aromatic rings. The Hall–Kier alpha value is -2.36. The molecule has 4 nitrogen and oxygen atoms in total. The minimum absolute atomic E-state index is 0.0437. The number of aromatic nitrogens is 2. The van der Waals surface area contributed by atoms with Crippen molar-refractivity contribution in [3.8, 4) is 0 Å². The standard InChI is InChI=1S/C15H16N2O2/c1-11(9-13-5-4-8-19-13)6-7-15(18)14-10-16-17(3)12(14)2/h4-10H,1-3H3/b7-6+,11-9+. The third-order valence-electron chi connectivity index (χ3n) is 2.91. The number of carbonyl (C=O) groups excluding carboxylic acids is 1. The molecular weight excluding hydrogens is 240 g/mol. The first-order valence-electron chi connectivity index (χ1n) is 6.01. The Balaban J connectivity index is 2.11. The van der Waals surface area contributed by atoms with E-state index in [4.69, 9.17) is 4.42 Å². The van der Waals surface area contributed by atoms with Crippen LogP contribution < -0.4 is 0 Å². The van der Waals surface area contributed by atoms with Gasteiger partial charge in [0.2, 0.25) is 0 Å². The molecule has 0 spiro atoms. The molecule has 4 heteroatoms. The van der Waals surface area contributed by atoms with Gasteiger partial charge in [0.05, 0.1) is 18.0 Å². The first-order valence-corrected chi connectivity index (χ1v) is 6.01. The van der Waals surface area contributed by atoms with Crippen LogP contribution in [0.1, 0.15) is 28.7 Å². The number of nitrogens with zero attached hydrogens (tertiary/aromatic N) is 2. The fourth-order valence-electron chi connectivity index (χ4n) is 1.68. The first-order chi connectivity index (χ1) is 9.08. The normalized spacial score (nSPS) is 12.3. The van der Waals surface area contributed by atoms with Gasteiger partial charge in [-0.15, -0.1) is 0 Å². The van der Waals surface area contributed by atoms with Crippen LogP contribution in [0, 0.1) is 6.92 Å². The van der Waals surface area contributed by atoms with Gasteiger partial charge >= 0.3 is 0 Å². The molecule has 0 N–H and O–H groups in total. The molecule has 2 heterocycles. The van der Waals surface area contributed by atoms with E-state index >= 15 is 0 Å². The van der Waals surface area contributed by atoms with E-state index in [2.05, 4.69) is 5.10 Å². The lowest BCUT2D eigenvalue weighted by atomic mass is 10.1. The van der Waals surface area contributed by atoms with Crippen LogP contribution in [0.4, 0.5) is 0 Å². The lowest BCUT2D eigenvalue weighted by molar-refractivity contribution is 0.104. The second-order valence-corrected chi connectivity index (χ2v) is 4.37. The fraction of sp³-hybridized carbons (Fsp3) is 0.200. The van der Waals surface area contributed by atoms with Crippen LogP contribution in [0.15, 0.2) is 46.7 Å². The molecule has 0 bridgehead atoms. The topological polar surface area (TPSA) is 48.0 Å². The van der Waals surface area contributed by atoms with E-state index in [0.717, 1.165) is 17.0 Å². The van der Waals surface area contributed by atoms with E-state index in [-0.39, 0.29) is 5.78 Å². The summed E-state index contributed by atoms with van der Waals surface area (Å²) in [5.74, 6) is 0.727. The van der Waals surface area contributed by atoms with Crippen LogP contribution in [-0.2, 0) is 7.05 Å². The molecule has 0 fully saturated rings. The molecule has 0 aliphatic carbocycles. The van der Waals surface area contributed by atoms with Crippen LogP contribution in [-0.4, -0.2) is 15.6 Å². The van der Waals surface area contributed by atoms with Crippen molar-refractivity contribution in [1.82, 2.24) is 9.78 Å². The van der Waals surface area contributed by atoms with Crippen LogP contribution >= 0.6 is 0 Å². The molecule has 0 amide bonds. The van der Waals surface area contributed by atoms with E-state index in [1.54, 1.807) is 29.3 Å². The van der Waals surface area contributed by atoms with Gasteiger partial charge in [-0.1, -0.05) is 6.08 Å². The Kier molecular flexibility index (Phi) is 3.80. The highest BCUT2D eigenvalue weighted by Gasteiger charge is 2.09. The number of rotatable bonds is 4. The van der Waals surface area contributed by atoms with Gasteiger partial charge in [-0.05, 0) is 43.7 Å². The van der Waals surface area contributed by atoms with Gasteiger partial charge in [-0.25, -0.2) is 0 Å². The van der Waals surface area contributed by atoms with Crippen molar-refractivity contribution < 1.29 is 9.21 Å². The van der Waals surface area contributed by atoms with Crippen molar-refractivity contribution >= 4 is 11.9 Å². The molecule has 0 aliphatic heterocycles. The maximum absolute atomic E-state index is 12.0. The maximum Gasteiger partial charge on any atom is 0.189 e. The van der Waals surface area contributed by atoms with E-state index in [0.29, 0.717) is 5.56 Å². The zero-order valence-corrected chi connectivity index (χ0v) is 11.3. The number of hydrogen-bond donors (Lipinski definition) is 0. The van der Waals surface area contributed by atoms with Gasteiger partial charge < -0.3 is 4.42 Å². The number of hydrogen-bond acceptors (Lipinski definition) is 3. The average Bonchev–Trinajstić information content (AvgIpc) is 2.99. The zero-order chi connectivity index (χ0) is 13.8. The van der Waals surface area contributed by atoms with Crippen LogP contribution in [0.5, 0.6) is 0 Å². The Morgan fingerprint density at radius 2 is 2.21 bits per heavy atom. The Labute approximate surface area is 112 Å². The summed E-state index contributed by atoms with van der Waals surface area (Å²) >= 11 is 0. The van der Waals surface area contributed by atoms with Gasteiger partial charge in [0.1, 0.15) is 5.76 Å². The van der Waals surface area contributed by atoms with Crippen molar-refractivity contribution in [3.63, 3.8) is 0 Å². The SMILES string of the molecule is CC(/C=C/C(=O)c1cnn(C)c1C)=C\c1ccco1. The van der Waals surface area contributed by atoms with E-state index in [9.17, 15) is 4.79 Å². The highest BCUT2D eigenvalue weighted by molar-refractivity contribution is 6.05. The molecule has 0 aromatic carbocycles. The number of ketones is 1. The third-order valence-corrected chi connectivity index (χ3v) is 2.91. The molecule has 0 atom stereocenters. The van der Waals surface area contributed by atoms with E-state index < -0.39 is 0 Å². The largest absolute Gasteiger partial charge is 0.465 e. The molecule has 0 radical (unpaired) electrons. The van der Waals surface area contributed by atoms with Gasteiger partial charge in [0, 0.05) is 12.7 Å². The summed E-state index contributed by atoms with van der Waals surface area (Å²) in [6.07, 6.45) is 8.41. The summed E-state index contributed by atoms with van der Waals surface area (Å²) in [5.41, 5.74) is 2.44. The Morgan fingerprint density at radius 3 is 2.79 bits per heavy atom. The zero-order valence-electron chi connectivity index (χ0n) is 11.3. The van der Waals surface area contributed by atoms with Crippen LogP contribution in [0.3, 0.4) is 0 Å². The summed E-state index contributed by atoms with van der Waals surface area (Å²) in [7, 11) is 1.82. The van der Waals surface area contributed by atoms with Crippen molar-refractivity contribution in [2.24, 2.45) is 7.05 Å². The predicted molar refractivity (Wildman–Crippen MR) is 73.8 cm³/mol. The smallest absolute Gasteiger partial charge is 0.189 e. The maximum atomic E-state index is 12.0. The third kappa shape index (κ3) is 3.10. The van der Waals surface area contributed by atoms with Gasteiger partial charge in [0.25, 0.3) is 0 Å². The molecule has 0 unspecified atom stereocenters. The van der Waals surface area contributed by atoms with Gasteiger partial charge in [-0.2, -0.15) is 5.10 Å². The van der Waals surface area contributed by atoms with Crippen molar-refractivity contribution in [2.75, 3.05) is 0 Å². The molecule has 19 heavy (non-hydrogen) atoms. The highest BCUT2D eigenvalue weighted by Crippen LogP contribution is 2.10. The molecule has 0 aliphatic rings. The lowest BCUT2D eigenvalue weighted by Gasteiger charge is -1.96. The summed E-state index contributed by atoms with van der Waals surface area (Å²) in [4.78, 5) is 12.0. The number of allylic oxidation sites excluding steroid dienone is 3. The fourth-order valence-corrected chi connectivity index (χ4v) is 1.68. The first kappa shape index (κ1) is 13.1. The second kappa shape index (κ2) is 5.52. The summed E-state index contributed by atoms with van der Waals surface area (Å²) in [5, 5.41) is 4.06. The molecule has 98 valence electrons. The Bertz CT molecular complexity index is 631. The molecular formula is C15H16N2O2. The number of furan rings is 1. The highest BCUT2D eigenvalue weighted by atomic mass is 16.3. The minimum Gasteiger partial charge on any atom is -0.465 e. The van der Waals surface area contributed by atoms with E-state index in [1.807, 2.05) is 39.1 Å². The van der Waals surface area contributed by atoms with Crippen molar-refractivity contribution in [3.05, 3.63) is 59.3 Å². The predicted octanol–water partition coefficient (Wildman–Crippen LogP) is 3.16.